The Hall–Kier alpha value is -1.01. The van der Waals surface area contributed by atoms with Gasteiger partial charge in [0.15, 0.2) is 0 Å². The third-order valence-electron chi connectivity index (χ3n) is 3.82. The van der Waals surface area contributed by atoms with E-state index >= 15 is 0 Å². The van der Waals surface area contributed by atoms with E-state index in [1.54, 1.807) is 23.2 Å². The number of aromatic nitrogens is 1. The topological polar surface area (TPSA) is 59.5 Å². The number of alkyl halides is 5. The Labute approximate surface area is 149 Å². The predicted molar refractivity (Wildman–Crippen MR) is 82.7 cm³/mol. The van der Waals surface area contributed by atoms with Crippen LogP contribution in [-0.4, -0.2) is 44.5 Å². The van der Waals surface area contributed by atoms with Crippen LogP contribution in [0.2, 0.25) is 0 Å². The molecular weight excluding hydrogens is 439 g/mol. The van der Waals surface area contributed by atoms with E-state index in [0.717, 1.165) is 4.47 Å². The number of hydrogen-bond donors (Lipinski definition) is 0. The Balaban J connectivity index is 1.93. The number of hydrogen-bond acceptors (Lipinski definition) is 5. The molecular formula is C13H14BrF5N2O3S. The van der Waals surface area contributed by atoms with Crippen LogP contribution in [0.25, 0.3) is 0 Å². The Morgan fingerprint density at radius 2 is 1.80 bits per heavy atom. The van der Waals surface area contributed by atoms with Crippen molar-refractivity contribution in [3.63, 3.8) is 0 Å². The molecule has 2 heterocycles. The summed E-state index contributed by atoms with van der Waals surface area (Å²) in [5.74, 6) is -4.36. The molecule has 1 aliphatic heterocycles. The van der Waals surface area contributed by atoms with Crippen molar-refractivity contribution >= 4 is 31.9 Å². The first-order valence-electron chi connectivity index (χ1n) is 7.12. The SMILES string of the molecule is O=S(=O)(OCC(F)(F)C1CCN(c2ccc(Br)cn2)CC1)C(F)(F)F. The fourth-order valence-electron chi connectivity index (χ4n) is 2.43. The maximum Gasteiger partial charge on any atom is 0.523 e. The van der Waals surface area contributed by atoms with E-state index in [2.05, 4.69) is 25.1 Å². The summed E-state index contributed by atoms with van der Waals surface area (Å²) in [6, 6.07) is 3.46. The minimum atomic E-state index is -6.03. The molecule has 0 unspecified atom stereocenters. The van der Waals surface area contributed by atoms with Crippen molar-refractivity contribution in [2.45, 2.75) is 24.3 Å². The minimum absolute atomic E-state index is 0.0276. The van der Waals surface area contributed by atoms with Crippen molar-refractivity contribution in [2.24, 2.45) is 5.92 Å². The molecule has 0 bridgehead atoms. The quantitative estimate of drug-likeness (QED) is 0.388. The van der Waals surface area contributed by atoms with Gasteiger partial charge in [-0.2, -0.15) is 21.6 Å². The predicted octanol–water partition coefficient (Wildman–Crippen LogP) is 3.56. The van der Waals surface area contributed by atoms with Crippen molar-refractivity contribution in [3.05, 3.63) is 22.8 Å². The maximum atomic E-state index is 14.0. The Morgan fingerprint density at radius 3 is 2.28 bits per heavy atom. The van der Waals surface area contributed by atoms with E-state index in [0.29, 0.717) is 5.82 Å². The third-order valence-corrected chi connectivity index (χ3v) is 5.28. The monoisotopic (exact) mass is 452 g/mol. The number of nitrogens with zero attached hydrogens (tertiary/aromatic N) is 2. The van der Waals surface area contributed by atoms with Crippen molar-refractivity contribution in [1.29, 1.82) is 0 Å². The van der Waals surface area contributed by atoms with E-state index < -0.39 is 34.1 Å². The van der Waals surface area contributed by atoms with E-state index in [-0.39, 0.29) is 25.9 Å². The number of rotatable bonds is 5. The van der Waals surface area contributed by atoms with Crippen LogP contribution >= 0.6 is 15.9 Å². The molecule has 25 heavy (non-hydrogen) atoms. The lowest BCUT2D eigenvalue weighted by Crippen LogP contribution is -2.44. The first-order valence-corrected chi connectivity index (χ1v) is 9.32. The lowest BCUT2D eigenvalue weighted by atomic mass is 9.91. The van der Waals surface area contributed by atoms with Gasteiger partial charge in [0.05, 0.1) is 0 Å². The second-order valence-corrected chi connectivity index (χ2v) is 8.04. The standard InChI is InChI=1S/C13H14BrF5N2O3S/c14-10-1-2-11(20-7-10)21-5-3-9(4-6-21)12(15,16)8-24-25(22,23)13(17,18)19/h1-2,7,9H,3-6,8H2. The maximum absolute atomic E-state index is 14.0. The molecule has 0 spiro atoms. The van der Waals surface area contributed by atoms with E-state index in [9.17, 15) is 30.4 Å². The van der Waals surface area contributed by atoms with E-state index in [1.165, 1.54) is 0 Å². The highest BCUT2D eigenvalue weighted by Crippen LogP contribution is 2.36. The van der Waals surface area contributed by atoms with Gasteiger partial charge in [-0.3, -0.25) is 4.18 Å². The number of anilines is 1. The van der Waals surface area contributed by atoms with Crippen LogP contribution in [-0.2, 0) is 14.3 Å². The average Bonchev–Trinajstić information content (AvgIpc) is 2.53. The normalized spacial score (nSPS) is 17.8. The molecule has 2 rings (SSSR count). The molecule has 1 aromatic rings. The summed E-state index contributed by atoms with van der Waals surface area (Å²) in [5.41, 5.74) is -5.72. The highest BCUT2D eigenvalue weighted by atomic mass is 79.9. The molecule has 5 nitrogen and oxygen atoms in total. The largest absolute Gasteiger partial charge is 0.523 e. The zero-order valence-corrected chi connectivity index (χ0v) is 15.0. The molecule has 12 heteroatoms. The average molecular weight is 453 g/mol. The summed E-state index contributed by atoms with van der Waals surface area (Å²) in [5, 5.41) is 0. The van der Waals surface area contributed by atoms with E-state index in [4.69, 9.17) is 0 Å². The lowest BCUT2D eigenvalue weighted by molar-refractivity contribution is -0.105. The number of piperidine rings is 1. The first-order chi connectivity index (χ1) is 11.4. The van der Waals surface area contributed by atoms with Gasteiger partial charge in [0, 0.05) is 29.7 Å². The zero-order chi connectivity index (χ0) is 18.9. The van der Waals surface area contributed by atoms with Gasteiger partial charge in [0.25, 0.3) is 5.92 Å². The van der Waals surface area contributed by atoms with Crippen molar-refractivity contribution in [1.82, 2.24) is 4.98 Å². The first kappa shape index (κ1) is 20.3. The van der Waals surface area contributed by atoms with Crippen LogP contribution < -0.4 is 4.90 Å². The summed E-state index contributed by atoms with van der Waals surface area (Å²) in [7, 11) is -6.03. The molecule has 0 atom stereocenters. The summed E-state index contributed by atoms with van der Waals surface area (Å²) in [6.45, 7) is -1.38. The summed E-state index contributed by atoms with van der Waals surface area (Å²) < 4.78 is 90.2. The fourth-order valence-corrected chi connectivity index (χ4v) is 3.11. The van der Waals surface area contributed by atoms with Gasteiger partial charge in [0.2, 0.25) is 0 Å². The summed E-state index contributed by atoms with van der Waals surface area (Å²) in [6.07, 6.45) is 1.51. The molecule has 0 N–H and O–H groups in total. The zero-order valence-electron chi connectivity index (χ0n) is 12.6. The van der Waals surface area contributed by atoms with Gasteiger partial charge in [0.1, 0.15) is 12.4 Å². The highest BCUT2D eigenvalue weighted by molar-refractivity contribution is 9.10. The Morgan fingerprint density at radius 1 is 1.20 bits per heavy atom. The van der Waals surface area contributed by atoms with Crippen LogP contribution in [0, 0.1) is 5.92 Å². The Kier molecular flexibility index (Phi) is 5.94. The van der Waals surface area contributed by atoms with Gasteiger partial charge in [-0.15, -0.1) is 0 Å². The Bertz CT molecular complexity index is 689. The smallest absolute Gasteiger partial charge is 0.357 e. The molecule has 1 fully saturated rings. The molecule has 0 amide bonds. The third kappa shape index (κ3) is 5.00. The number of halogens is 6. The van der Waals surface area contributed by atoms with Crippen LogP contribution in [0.15, 0.2) is 22.8 Å². The second-order valence-electron chi connectivity index (χ2n) is 5.52. The van der Waals surface area contributed by atoms with Crippen LogP contribution in [0.5, 0.6) is 0 Å². The van der Waals surface area contributed by atoms with Gasteiger partial charge in [-0.05, 0) is 40.9 Å². The molecule has 0 aromatic carbocycles. The lowest BCUT2D eigenvalue weighted by Gasteiger charge is -2.36. The molecule has 1 saturated heterocycles. The van der Waals surface area contributed by atoms with Crippen molar-refractivity contribution < 1.29 is 34.6 Å². The minimum Gasteiger partial charge on any atom is -0.357 e. The molecule has 0 saturated carbocycles. The van der Waals surface area contributed by atoms with Gasteiger partial charge in [-0.25, -0.2) is 13.8 Å². The second kappa shape index (κ2) is 7.31. The van der Waals surface area contributed by atoms with Gasteiger partial charge in [-0.1, -0.05) is 0 Å². The molecule has 1 aliphatic rings. The van der Waals surface area contributed by atoms with E-state index in [1.807, 2.05) is 0 Å². The van der Waals surface area contributed by atoms with Crippen LogP contribution in [0.3, 0.4) is 0 Å². The van der Waals surface area contributed by atoms with Gasteiger partial charge >= 0.3 is 15.6 Å². The van der Waals surface area contributed by atoms with Crippen LogP contribution in [0.1, 0.15) is 12.8 Å². The number of pyridine rings is 1. The molecule has 1 aromatic heterocycles. The highest BCUT2D eigenvalue weighted by Gasteiger charge is 2.50. The summed E-state index contributed by atoms with van der Waals surface area (Å²) in [4.78, 5) is 5.92. The van der Waals surface area contributed by atoms with Gasteiger partial charge < -0.3 is 4.90 Å². The molecule has 142 valence electrons. The molecule has 0 aliphatic carbocycles. The van der Waals surface area contributed by atoms with Crippen molar-refractivity contribution in [3.8, 4) is 0 Å². The summed E-state index contributed by atoms with van der Waals surface area (Å²) >= 11 is 3.23. The van der Waals surface area contributed by atoms with Crippen molar-refractivity contribution in [2.75, 3.05) is 24.6 Å². The molecule has 0 radical (unpaired) electrons. The van der Waals surface area contributed by atoms with Crippen LogP contribution in [0.4, 0.5) is 27.8 Å². The fraction of sp³-hybridized carbons (Fsp3) is 0.615.